The molecule has 6 nitrogen and oxygen atoms in total. The molecule has 0 aliphatic carbocycles. The van der Waals surface area contributed by atoms with Gasteiger partial charge in [-0.15, -0.1) is 0 Å². The number of nitrogens with one attached hydrogen (secondary N) is 1. The summed E-state index contributed by atoms with van der Waals surface area (Å²) in [6.45, 7) is 2.41. The van der Waals surface area contributed by atoms with Crippen molar-refractivity contribution in [3.63, 3.8) is 0 Å². The van der Waals surface area contributed by atoms with Gasteiger partial charge >= 0.3 is 5.97 Å². The zero-order valence-corrected chi connectivity index (χ0v) is 11.4. The lowest BCUT2D eigenvalue weighted by Gasteiger charge is -2.16. The summed E-state index contributed by atoms with van der Waals surface area (Å²) in [4.78, 5) is 23.2. The predicted molar refractivity (Wildman–Crippen MR) is 72.1 cm³/mol. The average Bonchev–Trinajstić information content (AvgIpc) is 2.84. The lowest BCUT2D eigenvalue weighted by atomic mass is 10.0. The number of methoxy groups -OCH3 is 1. The van der Waals surface area contributed by atoms with Gasteiger partial charge in [0, 0.05) is 6.61 Å². The van der Waals surface area contributed by atoms with Gasteiger partial charge in [0.2, 0.25) is 5.91 Å². The Hall–Kier alpha value is -2.08. The first-order valence-electron chi connectivity index (χ1n) is 6.36. The van der Waals surface area contributed by atoms with Crippen molar-refractivity contribution in [3.8, 4) is 5.75 Å². The Bertz CT molecular complexity index is 528. The van der Waals surface area contributed by atoms with E-state index in [2.05, 4.69) is 5.32 Å². The van der Waals surface area contributed by atoms with Crippen LogP contribution in [-0.2, 0) is 9.53 Å². The molecule has 6 heteroatoms. The molecule has 2 atom stereocenters. The Kier molecular flexibility index (Phi) is 4.24. The van der Waals surface area contributed by atoms with E-state index in [-0.39, 0.29) is 23.5 Å². The molecule has 1 heterocycles. The number of benzene rings is 1. The number of carbonyl (C=O) groups is 2. The zero-order valence-electron chi connectivity index (χ0n) is 11.4. The van der Waals surface area contributed by atoms with E-state index in [0.29, 0.717) is 24.5 Å². The summed E-state index contributed by atoms with van der Waals surface area (Å²) in [7, 11) is 1.47. The number of hydrogen-bond acceptors (Lipinski definition) is 4. The van der Waals surface area contributed by atoms with Crippen molar-refractivity contribution in [1.29, 1.82) is 0 Å². The molecule has 2 unspecified atom stereocenters. The molecule has 0 spiro atoms. The molecule has 0 saturated carbocycles. The summed E-state index contributed by atoms with van der Waals surface area (Å²) in [5, 5.41) is 11.7. The molecule has 1 aromatic carbocycles. The Morgan fingerprint density at radius 2 is 2.20 bits per heavy atom. The van der Waals surface area contributed by atoms with Gasteiger partial charge in [0.25, 0.3) is 0 Å². The van der Waals surface area contributed by atoms with Crippen molar-refractivity contribution in [2.24, 2.45) is 5.92 Å². The SMILES string of the molecule is COc1ccc(C(=O)O)cc1NC(=O)C1CCOC1C. The molecule has 108 valence electrons. The summed E-state index contributed by atoms with van der Waals surface area (Å²) in [5.41, 5.74) is 0.452. The van der Waals surface area contributed by atoms with Crippen molar-refractivity contribution in [2.75, 3.05) is 19.0 Å². The van der Waals surface area contributed by atoms with E-state index in [9.17, 15) is 9.59 Å². The Balaban J connectivity index is 2.20. The quantitative estimate of drug-likeness (QED) is 0.877. The van der Waals surface area contributed by atoms with Crippen LogP contribution in [0.25, 0.3) is 0 Å². The molecule has 2 rings (SSSR count). The highest BCUT2D eigenvalue weighted by Crippen LogP contribution is 2.28. The van der Waals surface area contributed by atoms with Crippen LogP contribution in [0.3, 0.4) is 0 Å². The molecule has 2 N–H and O–H groups in total. The molecule has 1 amide bonds. The summed E-state index contributed by atoms with van der Waals surface area (Å²) < 4.78 is 10.5. The Morgan fingerprint density at radius 1 is 1.45 bits per heavy atom. The van der Waals surface area contributed by atoms with Crippen molar-refractivity contribution in [2.45, 2.75) is 19.4 Å². The van der Waals surface area contributed by atoms with Gasteiger partial charge in [-0.1, -0.05) is 0 Å². The first-order valence-corrected chi connectivity index (χ1v) is 6.36. The van der Waals surface area contributed by atoms with Crippen molar-refractivity contribution < 1.29 is 24.2 Å². The monoisotopic (exact) mass is 279 g/mol. The average molecular weight is 279 g/mol. The smallest absolute Gasteiger partial charge is 0.335 e. The topological polar surface area (TPSA) is 84.9 Å². The molecule has 1 fully saturated rings. The van der Waals surface area contributed by atoms with Crippen molar-refractivity contribution >= 4 is 17.6 Å². The first kappa shape index (κ1) is 14.3. The normalized spacial score (nSPS) is 21.5. The van der Waals surface area contributed by atoms with Crippen LogP contribution >= 0.6 is 0 Å². The van der Waals surface area contributed by atoms with E-state index >= 15 is 0 Å². The zero-order chi connectivity index (χ0) is 14.7. The fourth-order valence-corrected chi connectivity index (χ4v) is 2.24. The van der Waals surface area contributed by atoms with Crippen LogP contribution < -0.4 is 10.1 Å². The van der Waals surface area contributed by atoms with Crippen LogP contribution in [-0.4, -0.2) is 36.8 Å². The highest BCUT2D eigenvalue weighted by atomic mass is 16.5. The van der Waals surface area contributed by atoms with Gasteiger partial charge in [0.05, 0.1) is 30.4 Å². The van der Waals surface area contributed by atoms with Gasteiger partial charge in [0.1, 0.15) is 5.75 Å². The van der Waals surface area contributed by atoms with Crippen LogP contribution in [0.2, 0.25) is 0 Å². The fraction of sp³-hybridized carbons (Fsp3) is 0.429. The van der Waals surface area contributed by atoms with Crippen LogP contribution in [0.5, 0.6) is 5.75 Å². The lowest BCUT2D eigenvalue weighted by molar-refractivity contribution is -0.121. The number of carboxylic acid groups (broad SMARTS) is 1. The van der Waals surface area contributed by atoms with E-state index in [0.717, 1.165) is 0 Å². The maximum atomic E-state index is 12.2. The second kappa shape index (κ2) is 5.92. The molecule has 1 aromatic rings. The van der Waals surface area contributed by atoms with Gasteiger partial charge in [-0.3, -0.25) is 4.79 Å². The van der Waals surface area contributed by atoms with Crippen LogP contribution in [0.1, 0.15) is 23.7 Å². The number of amides is 1. The van der Waals surface area contributed by atoms with Gasteiger partial charge in [-0.25, -0.2) is 4.79 Å². The van der Waals surface area contributed by atoms with E-state index in [1.54, 1.807) is 0 Å². The van der Waals surface area contributed by atoms with E-state index in [4.69, 9.17) is 14.6 Å². The summed E-state index contributed by atoms with van der Waals surface area (Å²) in [6.07, 6.45) is 0.525. The highest BCUT2D eigenvalue weighted by Gasteiger charge is 2.31. The molecule has 1 aliphatic heterocycles. The second-order valence-corrected chi connectivity index (χ2v) is 4.68. The van der Waals surface area contributed by atoms with E-state index in [1.165, 1.54) is 25.3 Å². The number of aromatic carboxylic acids is 1. The predicted octanol–water partition coefficient (Wildman–Crippen LogP) is 1.76. The van der Waals surface area contributed by atoms with Gasteiger partial charge in [0.15, 0.2) is 0 Å². The van der Waals surface area contributed by atoms with Crippen molar-refractivity contribution in [3.05, 3.63) is 23.8 Å². The largest absolute Gasteiger partial charge is 0.495 e. The second-order valence-electron chi connectivity index (χ2n) is 4.68. The Morgan fingerprint density at radius 3 is 2.75 bits per heavy atom. The maximum Gasteiger partial charge on any atom is 0.335 e. The third-order valence-corrected chi connectivity index (χ3v) is 3.42. The summed E-state index contributed by atoms with van der Waals surface area (Å²) in [6, 6.07) is 4.34. The molecule has 0 aromatic heterocycles. The van der Waals surface area contributed by atoms with Gasteiger partial charge in [-0.05, 0) is 31.5 Å². The maximum absolute atomic E-state index is 12.2. The standard InChI is InChI=1S/C14H17NO5/c1-8-10(5-6-20-8)13(16)15-11-7-9(14(17)18)3-4-12(11)19-2/h3-4,7-8,10H,5-6H2,1-2H3,(H,15,16)(H,17,18). The molecule has 1 saturated heterocycles. The number of hydrogen-bond donors (Lipinski definition) is 2. The number of anilines is 1. The summed E-state index contributed by atoms with van der Waals surface area (Å²) in [5.74, 6) is -1.04. The van der Waals surface area contributed by atoms with E-state index in [1.807, 2.05) is 6.92 Å². The molecule has 1 aliphatic rings. The highest BCUT2D eigenvalue weighted by molar-refractivity contribution is 5.96. The minimum absolute atomic E-state index is 0.0943. The third kappa shape index (κ3) is 2.91. The Labute approximate surface area is 116 Å². The molecule has 20 heavy (non-hydrogen) atoms. The molecule has 0 radical (unpaired) electrons. The van der Waals surface area contributed by atoms with Gasteiger partial charge in [-0.2, -0.15) is 0 Å². The van der Waals surface area contributed by atoms with Crippen LogP contribution in [0.15, 0.2) is 18.2 Å². The third-order valence-electron chi connectivity index (χ3n) is 3.42. The van der Waals surface area contributed by atoms with Crippen LogP contribution in [0, 0.1) is 5.92 Å². The van der Waals surface area contributed by atoms with Crippen LogP contribution in [0.4, 0.5) is 5.69 Å². The number of carbonyl (C=O) groups excluding carboxylic acids is 1. The minimum Gasteiger partial charge on any atom is -0.495 e. The fourth-order valence-electron chi connectivity index (χ4n) is 2.24. The minimum atomic E-state index is -1.05. The molecular formula is C14H17NO5. The number of ether oxygens (including phenoxy) is 2. The summed E-state index contributed by atoms with van der Waals surface area (Å²) >= 11 is 0. The number of carboxylic acids is 1. The lowest BCUT2D eigenvalue weighted by Crippen LogP contribution is -2.28. The molecule has 0 bridgehead atoms. The van der Waals surface area contributed by atoms with Gasteiger partial charge < -0.3 is 19.9 Å². The van der Waals surface area contributed by atoms with E-state index < -0.39 is 5.97 Å². The van der Waals surface area contributed by atoms with Crippen molar-refractivity contribution in [1.82, 2.24) is 0 Å². The first-order chi connectivity index (χ1) is 9.52. The number of rotatable bonds is 4. The molecular weight excluding hydrogens is 262 g/mol.